The molecule has 2 aromatic carbocycles. The predicted molar refractivity (Wildman–Crippen MR) is 91.3 cm³/mol. The Kier molecular flexibility index (Phi) is 5.09. The van der Waals surface area contributed by atoms with Gasteiger partial charge in [0.1, 0.15) is 12.4 Å². The highest BCUT2D eigenvalue weighted by atomic mass is 16.5. The molecule has 1 saturated heterocycles. The van der Waals surface area contributed by atoms with Crippen LogP contribution in [0.2, 0.25) is 0 Å². The highest BCUT2D eigenvalue weighted by Gasteiger charge is 2.16. The van der Waals surface area contributed by atoms with E-state index in [0.29, 0.717) is 6.04 Å². The fourth-order valence-electron chi connectivity index (χ4n) is 2.82. The van der Waals surface area contributed by atoms with Crippen LogP contribution in [-0.4, -0.2) is 43.7 Å². The zero-order valence-electron chi connectivity index (χ0n) is 13.2. The van der Waals surface area contributed by atoms with E-state index >= 15 is 0 Å². The van der Waals surface area contributed by atoms with Crippen molar-refractivity contribution in [2.45, 2.75) is 13.0 Å². The van der Waals surface area contributed by atoms with Crippen molar-refractivity contribution in [1.82, 2.24) is 10.2 Å². The Morgan fingerprint density at radius 3 is 2.27 bits per heavy atom. The largest absolute Gasteiger partial charge is 0.492 e. The van der Waals surface area contributed by atoms with Gasteiger partial charge in [0.05, 0.1) is 0 Å². The molecule has 116 valence electrons. The molecule has 0 aliphatic carbocycles. The van der Waals surface area contributed by atoms with E-state index in [2.05, 4.69) is 65.7 Å². The summed E-state index contributed by atoms with van der Waals surface area (Å²) in [7, 11) is 0. The third-order valence-electron chi connectivity index (χ3n) is 4.23. The summed E-state index contributed by atoms with van der Waals surface area (Å²) in [5.41, 5.74) is 2.46. The van der Waals surface area contributed by atoms with Gasteiger partial charge in [0.2, 0.25) is 0 Å². The minimum Gasteiger partial charge on any atom is -0.492 e. The quantitative estimate of drug-likeness (QED) is 0.918. The van der Waals surface area contributed by atoms with Crippen LogP contribution in [0.15, 0.2) is 54.6 Å². The molecular formula is C19H24N2O. The molecule has 2 aromatic rings. The van der Waals surface area contributed by atoms with E-state index in [0.717, 1.165) is 38.5 Å². The van der Waals surface area contributed by atoms with Crippen LogP contribution in [0.1, 0.15) is 6.92 Å². The molecule has 1 aliphatic heterocycles. The lowest BCUT2D eigenvalue weighted by Gasteiger charge is -2.32. The van der Waals surface area contributed by atoms with Gasteiger partial charge < -0.3 is 10.1 Å². The molecule has 3 rings (SSSR count). The fraction of sp³-hybridized carbons (Fsp3) is 0.368. The standard InChI is InChI=1S/C19H24N2O/c1-16(21-13-11-20-12-14-21)15-22-19-9-7-18(8-10-19)17-5-3-2-4-6-17/h2-10,16,20H,11-15H2,1H3. The number of nitrogens with zero attached hydrogens (tertiary/aromatic N) is 1. The van der Waals surface area contributed by atoms with Crippen LogP contribution in [0.4, 0.5) is 0 Å². The molecule has 0 radical (unpaired) electrons. The molecule has 22 heavy (non-hydrogen) atoms. The minimum absolute atomic E-state index is 0.455. The fourth-order valence-corrected chi connectivity index (χ4v) is 2.82. The number of rotatable bonds is 5. The van der Waals surface area contributed by atoms with Crippen molar-refractivity contribution in [2.24, 2.45) is 0 Å². The van der Waals surface area contributed by atoms with Crippen molar-refractivity contribution in [3.05, 3.63) is 54.6 Å². The maximum absolute atomic E-state index is 5.95. The minimum atomic E-state index is 0.455. The second-order valence-corrected chi connectivity index (χ2v) is 5.84. The van der Waals surface area contributed by atoms with E-state index in [9.17, 15) is 0 Å². The zero-order chi connectivity index (χ0) is 15.2. The first-order valence-corrected chi connectivity index (χ1v) is 8.06. The topological polar surface area (TPSA) is 24.5 Å². The van der Waals surface area contributed by atoms with Gasteiger partial charge in [0.25, 0.3) is 0 Å². The summed E-state index contributed by atoms with van der Waals surface area (Å²) in [6, 6.07) is 19.3. The van der Waals surface area contributed by atoms with E-state index in [1.807, 2.05) is 6.07 Å². The van der Waals surface area contributed by atoms with Crippen LogP contribution in [0.25, 0.3) is 11.1 Å². The number of benzene rings is 2. The van der Waals surface area contributed by atoms with Crippen LogP contribution >= 0.6 is 0 Å². The monoisotopic (exact) mass is 296 g/mol. The maximum Gasteiger partial charge on any atom is 0.119 e. The number of hydrogen-bond acceptors (Lipinski definition) is 3. The molecular weight excluding hydrogens is 272 g/mol. The second kappa shape index (κ2) is 7.43. The summed E-state index contributed by atoms with van der Waals surface area (Å²) in [6.07, 6.45) is 0. The Hall–Kier alpha value is -1.84. The Morgan fingerprint density at radius 1 is 0.955 bits per heavy atom. The van der Waals surface area contributed by atoms with Crippen LogP contribution < -0.4 is 10.1 Å². The normalized spacial score (nSPS) is 17.1. The molecule has 1 atom stereocenters. The number of hydrogen-bond donors (Lipinski definition) is 1. The van der Waals surface area contributed by atoms with Crippen LogP contribution in [0.5, 0.6) is 5.75 Å². The van der Waals surface area contributed by atoms with Crippen molar-refractivity contribution >= 4 is 0 Å². The SMILES string of the molecule is CC(COc1ccc(-c2ccccc2)cc1)N1CCNCC1. The molecule has 0 saturated carbocycles. The van der Waals surface area contributed by atoms with E-state index in [4.69, 9.17) is 4.74 Å². The van der Waals surface area contributed by atoms with Gasteiger partial charge in [-0.15, -0.1) is 0 Å². The summed E-state index contributed by atoms with van der Waals surface area (Å²) in [6.45, 7) is 7.36. The Labute approximate surface area is 132 Å². The first-order chi connectivity index (χ1) is 10.8. The van der Waals surface area contributed by atoms with Gasteiger partial charge in [-0.25, -0.2) is 0 Å². The summed E-state index contributed by atoms with van der Waals surface area (Å²) in [5, 5.41) is 3.38. The Balaban J connectivity index is 1.55. The first-order valence-electron chi connectivity index (χ1n) is 8.06. The van der Waals surface area contributed by atoms with Gasteiger partial charge >= 0.3 is 0 Å². The highest BCUT2D eigenvalue weighted by Crippen LogP contribution is 2.22. The van der Waals surface area contributed by atoms with Crippen molar-refractivity contribution in [1.29, 1.82) is 0 Å². The summed E-state index contributed by atoms with van der Waals surface area (Å²) in [5.74, 6) is 0.946. The second-order valence-electron chi connectivity index (χ2n) is 5.84. The molecule has 1 aliphatic rings. The van der Waals surface area contributed by atoms with Crippen LogP contribution in [0, 0.1) is 0 Å². The molecule has 0 spiro atoms. The van der Waals surface area contributed by atoms with Gasteiger partial charge in [-0.05, 0) is 30.2 Å². The van der Waals surface area contributed by atoms with Crippen LogP contribution in [-0.2, 0) is 0 Å². The third kappa shape index (κ3) is 3.87. The molecule has 0 bridgehead atoms. The lowest BCUT2D eigenvalue weighted by Crippen LogP contribution is -2.49. The van der Waals surface area contributed by atoms with Crippen molar-refractivity contribution in [3.8, 4) is 16.9 Å². The molecule has 3 heteroatoms. The Morgan fingerprint density at radius 2 is 1.59 bits per heavy atom. The number of nitrogens with one attached hydrogen (secondary N) is 1. The molecule has 3 nitrogen and oxygen atoms in total. The van der Waals surface area contributed by atoms with Crippen molar-refractivity contribution in [3.63, 3.8) is 0 Å². The smallest absolute Gasteiger partial charge is 0.119 e. The maximum atomic E-state index is 5.95. The molecule has 1 heterocycles. The number of piperazine rings is 1. The summed E-state index contributed by atoms with van der Waals surface area (Å²) < 4.78 is 5.95. The Bertz CT molecular complexity index is 562. The third-order valence-corrected chi connectivity index (χ3v) is 4.23. The lowest BCUT2D eigenvalue weighted by molar-refractivity contribution is 0.132. The van der Waals surface area contributed by atoms with Crippen LogP contribution in [0.3, 0.4) is 0 Å². The van der Waals surface area contributed by atoms with Gasteiger partial charge in [0.15, 0.2) is 0 Å². The first kappa shape index (κ1) is 15.1. The highest BCUT2D eigenvalue weighted by molar-refractivity contribution is 5.63. The molecule has 1 unspecified atom stereocenters. The molecule has 0 aromatic heterocycles. The average Bonchev–Trinajstić information content (AvgIpc) is 2.61. The van der Waals surface area contributed by atoms with Gasteiger partial charge in [0, 0.05) is 32.2 Å². The van der Waals surface area contributed by atoms with E-state index in [1.165, 1.54) is 11.1 Å². The van der Waals surface area contributed by atoms with Crippen molar-refractivity contribution < 1.29 is 4.74 Å². The molecule has 1 N–H and O–H groups in total. The lowest BCUT2D eigenvalue weighted by atomic mass is 10.1. The van der Waals surface area contributed by atoms with Crippen molar-refractivity contribution in [2.75, 3.05) is 32.8 Å². The zero-order valence-corrected chi connectivity index (χ0v) is 13.2. The van der Waals surface area contributed by atoms with E-state index in [-0.39, 0.29) is 0 Å². The summed E-state index contributed by atoms with van der Waals surface area (Å²) >= 11 is 0. The molecule has 0 amide bonds. The number of ether oxygens (including phenoxy) is 1. The van der Waals surface area contributed by atoms with Gasteiger partial charge in [-0.3, -0.25) is 4.90 Å². The predicted octanol–water partition coefficient (Wildman–Crippen LogP) is 3.03. The van der Waals surface area contributed by atoms with Gasteiger partial charge in [-0.1, -0.05) is 42.5 Å². The average molecular weight is 296 g/mol. The van der Waals surface area contributed by atoms with E-state index < -0.39 is 0 Å². The van der Waals surface area contributed by atoms with Gasteiger partial charge in [-0.2, -0.15) is 0 Å². The summed E-state index contributed by atoms with van der Waals surface area (Å²) in [4.78, 5) is 2.48. The molecule has 1 fully saturated rings. The van der Waals surface area contributed by atoms with E-state index in [1.54, 1.807) is 0 Å².